The van der Waals surface area contributed by atoms with E-state index in [0.29, 0.717) is 11.7 Å². The van der Waals surface area contributed by atoms with Crippen molar-refractivity contribution in [2.24, 2.45) is 0 Å². The van der Waals surface area contributed by atoms with Gasteiger partial charge in [-0.2, -0.15) is 11.8 Å². The molecule has 1 fully saturated rings. The van der Waals surface area contributed by atoms with Crippen molar-refractivity contribution < 1.29 is 9.53 Å². The summed E-state index contributed by atoms with van der Waals surface area (Å²) in [5.41, 5.74) is 1.25. The fourth-order valence-electron chi connectivity index (χ4n) is 2.84. The second kappa shape index (κ2) is 10.3. The van der Waals surface area contributed by atoms with E-state index < -0.39 is 0 Å². The van der Waals surface area contributed by atoms with Crippen LogP contribution in [0.4, 0.5) is 0 Å². The number of carbonyl (C=O) groups excluding carboxylic acids is 1. The molecule has 1 N–H and O–H groups in total. The number of hydrogen-bond acceptors (Lipinski definition) is 3. The Balaban J connectivity index is 1.64. The van der Waals surface area contributed by atoms with Crippen molar-refractivity contribution in [2.75, 3.05) is 18.9 Å². The van der Waals surface area contributed by atoms with E-state index in [4.69, 9.17) is 4.74 Å². The highest BCUT2D eigenvalue weighted by Gasteiger charge is 2.13. The van der Waals surface area contributed by atoms with Gasteiger partial charge in [0.15, 0.2) is 6.61 Å². The molecule has 0 heterocycles. The molecule has 1 aromatic rings. The van der Waals surface area contributed by atoms with E-state index in [9.17, 15) is 4.79 Å². The molecule has 1 amide bonds. The summed E-state index contributed by atoms with van der Waals surface area (Å²) in [6.07, 6.45) is 6.79. The minimum atomic E-state index is -0.0564. The molecule has 1 saturated carbocycles. The number of carbonyl (C=O) groups is 1. The van der Waals surface area contributed by atoms with Crippen LogP contribution in [0.2, 0.25) is 0 Å². The van der Waals surface area contributed by atoms with Crippen molar-refractivity contribution >= 4 is 33.6 Å². The molecule has 0 radical (unpaired) electrons. The zero-order valence-electron chi connectivity index (χ0n) is 14.6. The van der Waals surface area contributed by atoms with Gasteiger partial charge in [0.25, 0.3) is 5.91 Å². The van der Waals surface area contributed by atoms with E-state index in [1.54, 1.807) is 0 Å². The third-order valence-electron chi connectivity index (χ3n) is 4.31. The standard InChI is InChI=1S/C19H28BrNO2S/c1-14(2)15-8-9-18(17(20)12-15)23-13-19(22)21-10-11-24-16-6-4-3-5-7-16/h8-9,12,14,16H,3-7,10-11,13H2,1-2H3,(H,21,22). The van der Waals surface area contributed by atoms with E-state index in [-0.39, 0.29) is 12.5 Å². The van der Waals surface area contributed by atoms with E-state index in [1.165, 1.54) is 37.7 Å². The quantitative estimate of drug-likeness (QED) is 0.599. The monoisotopic (exact) mass is 413 g/mol. The first-order chi connectivity index (χ1) is 11.6. The number of benzene rings is 1. The van der Waals surface area contributed by atoms with Gasteiger partial charge in [0.05, 0.1) is 4.47 Å². The summed E-state index contributed by atoms with van der Waals surface area (Å²) in [6, 6.07) is 6.02. The second-order valence-electron chi connectivity index (χ2n) is 6.61. The molecule has 134 valence electrons. The third-order valence-corrected chi connectivity index (χ3v) is 6.31. The topological polar surface area (TPSA) is 38.3 Å². The smallest absolute Gasteiger partial charge is 0.257 e. The number of thioether (sulfide) groups is 1. The zero-order chi connectivity index (χ0) is 17.4. The summed E-state index contributed by atoms with van der Waals surface area (Å²) in [5, 5.41) is 3.74. The van der Waals surface area contributed by atoms with Gasteiger partial charge in [0, 0.05) is 17.5 Å². The highest BCUT2D eigenvalue weighted by Crippen LogP contribution is 2.29. The summed E-state index contributed by atoms with van der Waals surface area (Å²) in [6.45, 7) is 5.09. The van der Waals surface area contributed by atoms with Gasteiger partial charge in [-0.05, 0) is 52.4 Å². The Morgan fingerprint density at radius 1 is 1.33 bits per heavy atom. The van der Waals surface area contributed by atoms with E-state index in [2.05, 4.69) is 41.2 Å². The molecule has 0 saturated heterocycles. The van der Waals surface area contributed by atoms with Crippen LogP contribution in [0.3, 0.4) is 0 Å². The molecule has 24 heavy (non-hydrogen) atoms. The molecule has 0 atom stereocenters. The van der Waals surface area contributed by atoms with Gasteiger partial charge in [-0.3, -0.25) is 4.79 Å². The Morgan fingerprint density at radius 2 is 2.08 bits per heavy atom. The first-order valence-corrected chi connectivity index (χ1v) is 10.7. The largest absolute Gasteiger partial charge is 0.483 e. The fourth-order valence-corrected chi connectivity index (χ4v) is 4.57. The average Bonchev–Trinajstić information content (AvgIpc) is 2.58. The van der Waals surface area contributed by atoms with Gasteiger partial charge in [-0.15, -0.1) is 0 Å². The molecule has 0 bridgehead atoms. The molecule has 1 aliphatic rings. The highest BCUT2D eigenvalue weighted by atomic mass is 79.9. The minimum absolute atomic E-state index is 0.0564. The Labute approximate surface area is 158 Å². The molecule has 0 spiro atoms. The van der Waals surface area contributed by atoms with Crippen LogP contribution in [0.15, 0.2) is 22.7 Å². The Hall–Kier alpha value is -0.680. The molecule has 1 aliphatic carbocycles. The number of ether oxygens (including phenoxy) is 1. The van der Waals surface area contributed by atoms with E-state index in [1.807, 2.05) is 23.9 Å². The normalized spacial score (nSPS) is 15.5. The van der Waals surface area contributed by atoms with Crippen molar-refractivity contribution in [3.8, 4) is 5.75 Å². The minimum Gasteiger partial charge on any atom is -0.483 e. The van der Waals surface area contributed by atoms with Gasteiger partial charge in [-0.1, -0.05) is 39.2 Å². The summed E-state index contributed by atoms with van der Waals surface area (Å²) < 4.78 is 6.51. The SMILES string of the molecule is CC(C)c1ccc(OCC(=O)NCCSC2CCCCC2)c(Br)c1. The lowest BCUT2D eigenvalue weighted by molar-refractivity contribution is -0.122. The first kappa shape index (κ1) is 19.6. The average molecular weight is 414 g/mol. The van der Waals surface area contributed by atoms with Crippen LogP contribution in [0, 0.1) is 0 Å². The summed E-state index contributed by atoms with van der Waals surface area (Å²) in [5.74, 6) is 2.12. The first-order valence-electron chi connectivity index (χ1n) is 8.87. The number of nitrogens with one attached hydrogen (secondary N) is 1. The molecule has 0 aliphatic heterocycles. The van der Waals surface area contributed by atoms with Crippen molar-refractivity contribution in [3.63, 3.8) is 0 Å². The van der Waals surface area contributed by atoms with E-state index in [0.717, 1.165) is 22.0 Å². The predicted molar refractivity (Wildman–Crippen MR) is 106 cm³/mol. The lowest BCUT2D eigenvalue weighted by Gasteiger charge is -2.20. The second-order valence-corrected chi connectivity index (χ2v) is 8.88. The molecule has 0 unspecified atom stereocenters. The van der Waals surface area contributed by atoms with Crippen LogP contribution in [0.5, 0.6) is 5.75 Å². The number of rotatable bonds is 8. The summed E-state index contributed by atoms with van der Waals surface area (Å²) >= 11 is 5.51. The molecule has 0 aromatic heterocycles. The van der Waals surface area contributed by atoms with E-state index >= 15 is 0 Å². The van der Waals surface area contributed by atoms with Crippen LogP contribution in [0.25, 0.3) is 0 Å². The Bertz CT molecular complexity index is 530. The lowest BCUT2D eigenvalue weighted by atomic mass is 10.0. The maximum absolute atomic E-state index is 11.9. The molecular weight excluding hydrogens is 386 g/mol. The third kappa shape index (κ3) is 6.67. The van der Waals surface area contributed by atoms with Crippen LogP contribution in [-0.2, 0) is 4.79 Å². The molecule has 3 nitrogen and oxygen atoms in total. The predicted octanol–water partition coefficient (Wildman–Crippen LogP) is 5.13. The maximum Gasteiger partial charge on any atom is 0.257 e. The lowest BCUT2D eigenvalue weighted by Crippen LogP contribution is -2.31. The van der Waals surface area contributed by atoms with Gasteiger partial charge in [-0.25, -0.2) is 0 Å². The summed E-state index contributed by atoms with van der Waals surface area (Å²) in [7, 11) is 0. The molecule has 5 heteroatoms. The van der Waals surface area contributed by atoms with Gasteiger partial charge >= 0.3 is 0 Å². The van der Waals surface area contributed by atoms with Crippen molar-refractivity contribution in [2.45, 2.75) is 57.1 Å². The van der Waals surface area contributed by atoms with Gasteiger partial charge < -0.3 is 10.1 Å². The van der Waals surface area contributed by atoms with Crippen LogP contribution in [0.1, 0.15) is 57.4 Å². The Kier molecular flexibility index (Phi) is 8.46. The van der Waals surface area contributed by atoms with Gasteiger partial charge in [0.1, 0.15) is 5.75 Å². The van der Waals surface area contributed by atoms with Crippen LogP contribution < -0.4 is 10.1 Å². The number of halogens is 1. The van der Waals surface area contributed by atoms with Crippen LogP contribution in [-0.4, -0.2) is 30.1 Å². The highest BCUT2D eigenvalue weighted by molar-refractivity contribution is 9.10. The van der Waals surface area contributed by atoms with Gasteiger partial charge in [0.2, 0.25) is 0 Å². The van der Waals surface area contributed by atoms with Crippen molar-refractivity contribution in [1.82, 2.24) is 5.32 Å². The zero-order valence-corrected chi connectivity index (χ0v) is 17.0. The number of amides is 1. The van der Waals surface area contributed by atoms with Crippen molar-refractivity contribution in [1.29, 1.82) is 0 Å². The fraction of sp³-hybridized carbons (Fsp3) is 0.632. The molecule has 2 rings (SSSR count). The van der Waals surface area contributed by atoms with Crippen molar-refractivity contribution in [3.05, 3.63) is 28.2 Å². The summed E-state index contributed by atoms with van der Waals surface area (Å²) in [4.78, 5) is 11.9. The number of hydrogen-bond donors (Lipinski definition) is 1. The maximum atomic E-state index is 11.9. The molecule has 1 aromatic carbocycles. The molecular formula is C19H28BrNO2S. The van der Waals surface area contributed by atoms with Crippen LogP contribution >= 0.6 is 27.7 Å². The Morgan fingerprint density at radius 3 is 2.75 bits per heavy atom.